The van der Waals surface area contributed by atoms with E-state index < -0.39 is 0 Å². The lowest BCUT2D eigenvalue weighted by Gasteiger charge is -2.19. The predicted molar refractivity (Wildman–Crippen MR) is 106 cm³/mol. The third-order valence-corrected chi connectivity index (χ3v) is 4.47. The summed E-state index contributed by atoms with van der Waals surface area (Å²) in [5.41, 5.74) is 0. The second kappa shape index (κ2) is 20.9. The molecule has 0 aromatic heterocycles. The predicted octanol–water partition coefficient (Wildman–Crippen LogP) is 6.07. The van der Waals surface area contributed by atoms with Crippen molar-refractivity contribution in [1.82, 2.24) is 5.32 Å². The Morgan fingerprint density at radius 3 is 1.54 bits per heavy atom. The third-order valence-electron chi connectivity index (χ3n) is 4.47. The Kier molecular flexibility index (Phi) is 20.8. The summed E-state index contributed by atoms with van der Waals surface area (Å²) in [6.45, 7) is 7.27. The van der Waals surface area contributed by atoms with Gasteiger partial charge >= 0.3 is 0 Å². The van der Waals surface area contributed by atoms with Crippen LogP contribution in [0, 0.1) is 0 Å². The zero-order valence-corrected chi connectivity index (χ0v) is 16.9. The number of hydrogen-bond acceptors (Lipinski definition) is 3. The molecule has 0 aliphatic carbocycles. The van der Waals surface area contributed by atoms with Crippen molar-refractivity contribution in [2.24, 2.45) is 0 Å². The first-order valence-electron chi connectivity index (χ1n) is 10.7. The van der Waals surface area contributed by atoms with Gasteiger partial charge in [-0.1, -0.05) is 78.1 Å². The summed E-state index contributed by atoms with van der Waals surface area (Å²) in [7, 11) is 2.00. The topological polar surface area (TPSA) is 30.5 Å². The first kappa shape index (κ1) is 23.9. The van der Waals surface area contributed by atoms with Gasteiger partial charge in [0.2, 0.25) is 0 Å². The molecule has 0 fully saturated rings. The van der Waals surface area contributed by atoms with Gasteiger partial charge in [-0.15, -0.1) is 0 Å². The molecule has 0 aromatic rings. The summed E-state index contributed by atoms with van der Waals surface area (Å²) >= 11 is 0. The van der Waals surface area contributed by atoms with Crippen LogP contribution in [0.3, 0.4) is 0 Å². The van der Waals surface area contributed by atoms with E-state index in [4.69, 9.17) is 9.47 Å². The summed E-state index contributed by atoms with van der Waals surface area (Å²) in [6.07, 6.45) is 17.9. The fourth-order valence-corrected chi connectivity index (χ4v) is 2.85. The van der Waals surface area contributed by atoms with E-state index in [0.717, 1.165) is 32.6 Å². The number of nitrogens with one attached hydrogen (secondary N) is 1. The maximum atomic E-state index is 5.99. The van der Waals surface area contributed by atoms with Crippen LogP contribution < -0.4 is 5.32 Å². The van der Waals surface area contributed by atoms with Crippen molar-refractivity contribution in [2.75, 3.05) is 26.8 Å². The number of rotatable bonds is 20. The van der Waals surface area contributed by atoms with E-state index in [2.05, 4.69) is 19.2 Å². The van der Waals surface area contributed by atoms with Gasteiger partial charge in [0.05, 0.1) is 0 Å². The number of unbranched alkanes of at least 4 members (excludes halogenated alkanes) is 10. The molecule has 0 atom stereocenters. The highest BCUT2D eigenvalue weighted by Gasteiger charge is 2.09. The second-order valence-electron chi connectivity index (χ2n) is 6.95. The van der Waals surface area contributed by atoms with Crippen LogP contribution in [-0.4, -0.2) is 33.1 Å². The molecule has 0 radical (unpaired) electrons. The number of ether oxygens (including phenoxy) is 2. The van der Waals surface area contributed by atoms with Crippen LogP contribution in [0.2, 0.25) is 0 Å². The molecule has 0 aliphatic rings. The summed E-state index contributed by atoms with van der Waals surface area (Å²) in [4.78, 5) is 0. The lowest BCUT2D eigenvalue weighted by molar-refractivity contribution is -0.147. The van der Waals surface area contributed by atoms with E-state index in [0.29, 0.717) is 0 Å². The van der Waals surface area contributed by atoms with Crippen molar-refractivity contribution in [3.63, 3.8) is 0 Å². The minimum atomic E-state index is 0.00429. The molecule has 0 unspecified atom stereocenters. The molecule has 0 heterocycles. The SMILES string of the molecule is CCCCCCCCOC(CCCNC)OCCCCCCCC. The van der Waals surface area contributed by atoms with Crippen molar-refractivity contribution in [3.05, 3.63) is 0 Å². The van der Waals surface area contributed by atoms with Gasteiger partial charge in [0.25, 0.3) is 0 Å². The zero-order valence-electron chi connectivity index (χ0n) is 16.9. The maximum absolute atomic E-state index is 5.99. The fourth-order valence-electron chi connectivity index (χ4n) is 2.85. The Balaban J connectivity index is 3.64. The molecule has 0 spiro atoms. The molecular weight excluding hydrogens is 298 g/mol. The molecule has 24 heavy (non-hydrogen) atoms. The van der Waals surface area contributed by atoms with Crippen LogP contribution in [0.5, 0.6) is 0 Å². The van der Waals surface area contributed by atoms with Crippen molar-refractivity contribution in [1.29, 1.82) is 0 Å². The molecule has 3 nitrogen and oxygen atoms in total. The van der Waals surface area contributed by atoms with Gasteiger partial charge < -0.3 is 14.8 Å². The summed E-state index contributed by atoms with van der Waals surface area (Å²) < 4.78 is 12.0. The van der Waals surface area contributed by atoms with Gasteiger partial charge in [0.15, 0.2) is 6.29 Å². The van der Waals surface area contributed by atoms with E-state index >= 15 is 0 Å². The number of hydrogen-bond donors (Lipinski definition) is 1. The van der Waals surface area contributed by atoms with Crippen LogP contribution in [0.1, 0.15) is 104 Å². The molecule has 0 aromatic carbocycles. The molecule has 1 N–H and O–H groups in total. The molecule has 0 amide bonds. The molecule has 0 aliphatic heterocycles. The summed E-state index contributed by atoms with van der Waals surface area (Å²) in [5, 5.41) is 3.20. The minimum Gasteiger partial charge on any atom is -0.353 e. The van der Waals surface area contributed by atoms with E-state index in [-0.39, 0.29) is 6.29 Å². The fraction of sp³-hybridized carbons (Fsp3) is 1.00. The molecular formula is C21H45NO2. The second-order valence-corrected chi connectivity index (χ2v) is 6.95. The van der Waals surface area contributed by atoms with Crippen LogP contribution in [-0.2, 0) is 9.47 Å². The van der Waals surface area contributed by atoms with Crippen LogP contribution in [0.25, 0.3) is 0 Å². The highest BCUT2D eigenvalue weighted by Crippen LogP contribution is 2.10. The van der Waals surface area contributed by atoms with E-state index in [9.17, 15) is 0 Å². The van der Waals surface area contributed by atoms with Crippen LogP contribution in [0.15, 0.2) is 0 Å². The van der Waals surface area contributed by atoms with E-state index in [1.54, 1.807) is 0 Å². The van der Waals surface area contributed by atoms with Gasteiger partial charge in [-0.05, 0) is 39.3 Å². The van der Waals surface area contributed by atoms with Gasteiger partial charge in [-0.3, -0.25) is 0 Å². The lowest BCUT2D eigenvalue weighted by Crippen LogP contribution is -2.21. The Morgan fingerprint density at radius 1 is 0.625 bits per heavy atom. The molecule has 146 valence electrons. The average Bonchev–Trinajstić information content (AvgIpc) is 2.59. The van der Waals surface area contributed by atoms with Crippen molar-refractivity contribution < 1.29 is 9.47 Å². The van der Waals surface area contributed by atoms with Crippen LogP contribution >= 0.6 is 0 Å². The Bertz CT molecular complexity index is 206. The molecule has 0 rings (SSSR count). The maximum Gasteiger partial charge on any atom is 0.157 e. The average molecular weight is 344 g/mol. The van der Waals surface area contributed by atoms with Gasteiger partial charge in [-0.25, -0.2) is 0 Å². The largest absolute Gasteiger partial charge is 0.353 e. The monoisotopic (exact) mass is 343 g/mol. The Morgan fingerprint density at radius 2 is 1.08 bits per heavy atom. The first-order chi connectivity index (χ1) is 11.8. The smallest absolute Gasteiger partial charge is 0.157 e. The standard InChI is InChI=1S/C21H45NO2/c1-4-6-8-10-12-14-19-23-21(17-16-18-22-3)24-20-15-13-11-9-7-5-2/h21-22H,4-20H2,1-3H3. The van der Waals surface area contributed by atoms with E-state index in [1.807, 2.05) is 7.05 Å². The van der Waals surface area contributed by atoms with Gasteiger partial charge in [-0.2, -0.15) is 0 Å². The normalized spacial score (nSPS) is 11.5. The van der Waals surface area contributed by atoms with Crippen molar-refractivity contribution in [2.45, 2.75) is 110 Å². The van der Waals surface area contributed by atoms with Gasteiger partial charge in [0, 0.05) is 13.2 Å². The highest BCUT2D eigenvalue weighted by molar-refractivity contribution is 4.52. The highest BCUT2D eigenvalue weighted by atomic mass is 16.7. The summed E-state index contributed by atoms with van der Waals surface area (Å²) in [5.74, 6) is 0. The molecule has 0 bridgehead atoms. The summed E-state index contributed by atoms with van der Waals surface area (Å²) in [6, 6.07) is 0. The van der Waals surface area contributed by atoms with Crippen LogP contribution in [0.4, 0.5) is 0 Å². The third kappa shape index (κ3) is 18.2. The van der Waals surface area contributed by atoms with Crippen molar-refractivity contribution >= 4 is 0 Å². The van der Waals surface area contributed by atoms with Gasteiger partial charge in [0.1, 0.15) is 0 Å². The van der Waals surface area contributed by atoms with E-state index in [1.165, 1.54) is 77.0 Å². The Labute approximate surface area is 152 Å². The first-order valence-corrected chi connectivity index (χ1v) is 10.7. The molecule has 0 saturated heterocycles. The quantitative estimate of drug-likeness (QED) is 0.215. The zero-order chi connectivity index (χ0) is 17.7. The Hall–Kier alpha value is -0.120. The molecule has 3 heteroatoms. The minimum absolute atomic E-state index is 0.00429. The lowest BCUT2D eigenvalue weighted by atomic mass is 10.1. The van der Waals surface area contributed by atoms with Crippen molar-refractivity contribution in [3.8, 4) is 0 Å². The molecule has 0 saturated carbocycles.